The number of hydrogen-bond donors (Lipinski definition) is 3. The molecule has 1 aliphatic carbocycles. The van der Waals surface area contributed by atoms with E-state index in [1.165, 1.54) is 0 Å². The number of aromatic hydroxyl groups is 1. The highest BCUT2D eigenvalue weighted by molar-refractivity contribution is 9.10. The highest BCUT2D eigenvalue weighted by atomic mass is 79.9. The summed E-state index contributed by atoms with van der Waals surface area (Å²) in [4.78, 5) is 12.6. The van der Waals surface area contributed by atoms with E-state index >= 15 is 0 Å². The van der Waals surface area contributed by atoms with Crippen molar-refractivity contribution in [3.05, 3.63) is 69.7 Å². The summed E-state index contributed by atoms with van der Waals surface area (Å²) in [7, 11) is 0. The van der Waals surface area contributed by atoms with Crippen LogP contribution in [0.4, 0.5) is 5.69 Å². The summed E-state index contributed by atoms with van der Waals surface area (Å²) in [6, 6.07) is 11.6. The van der Waals surface area contributed by atoms with Gasteiger partial charge in [-0.05, 0) is 67.6 Å². The Labute approximate surface area is 174 Å². The van der Waals surface area contributed by atoms with Crippen LogP contribution in [-0.4, -0.2) is 17.1 Å². The molecule has 0 bridgehead atoms. The SMILES string of the molecule is CCC(C)NC(=O)c1ccc2c(c1)C1C=CCC1C(c1cc(Br)ccc1O)N2. The Kier molecular flexibility index (Phi) is 5.19. The van der Waals surface area contributed by atoms with Gasteiger partial charge in [0.1, 0.15) is 5.75 Å². The number of fused-ring (bicyclic) bond motifs is 3. The van der Waals surface area contributed by atoms with Crippen LogP contribution in [0, 0.1) is 5.92 Å². The Morgan fingerprint density at radius 1 is 1.29 bits per heavy atom. The van der Waals surface area contributed by atoms with Crippen molar-refractivity contribution in [1.29, 1.82) is 0 Å². The molecule has 1 amide bonds. The quantitative estimate of drug-likeness (QED) is 0.549. The molecule has 0 spiro atoms. The van der Waals surface area contributed by atoms with Crippen LogP contribution in [0.1, 0.15) is 60.1 Å². The molecule has 2 aliphatic rings. The smallest absolute Gasteiger partial charge is 0.251 e. The molecule has 28 heavy (non-hydrogen) atoms. The van der Waals surface area contributed by atoms with E-state index in [0.29, 0.717) is 17.2 Å². The van der Waals surface area contributed by atoms with Crippen molar-refractivity contribution in [3.8, 4) is 5.75 Å². The van der Waals surface area contributed by atoms with Gasteiger partial charge < -0.3 is 15.7 Å². The highest BCUT2D eigenvalue weighted by Crippen LogP contribution is 2.51. The van der Waals surface area contributed by atoms with Crippen molar-refractivity contribution < 1.29 is 9.90 Å². The minimum Gasteiger partial charge on any atom is -0.508 e. The second-order valence-electron chi connectivity index (χ2n) is 7.76. The summed E-state index contributed by atoms with van der Waals surface area (Å²) in [6.45, 7) is 4.08. The molecule has 0 saturated carbocycles. The minimum atomic E-state index is -0.0255. The molecule has 0 saturated heterocycles. The van der Waals surface area contributed by atoms with E-state index in [9.17, 15) is 9.90 Å². The maximum absolute atomic E-state index is 12.6. The fourth-order valence-corrected chi connectivity index (χ4v) is 4.61. The molecule has 3 N–H and O–H groups in total. The number of anilines is 1. The average Bonchev–Trinajstić information content (AvgIpc) is 3.19. The van der Waals surface area contributed by atoms with Crippen molar-refractivity contribution >= 4 is 27.5 Å². The molecule has 4 unspecified atom stereocenters. The zero-order chi connectivity index (χ0) is 19.8. The lowest BCUT2D eigenvalue weighted by Crippen LogP contribution is -2.33. The van der Waals surface area contributed by atoms with E-state index in [1.807, 2.05) is 37.3 Å². The third kappa shape index (κ3) is 3.44. The van der Waals surface area contributed by atoms with E-state index in [1.54, 1.807) is 6.07 Å². The second-order valence-corrected chi connectivity index (χ2v) is 8.68. The van der Waals surface area contributed by atoms with Gasteiger partial charge in [-0.1, -0.05) is 35.0 Å². The highest BCUT2D eigenvalue weighted by Gasteiger charge is 2.39. The van der Waals surface area contributed by atoms with Gasteiger partial charge in [0, 0.05) is 33.2 Å². The van der Waals surface area contributed by atoms with Gasteiger partial charge in [0.2, 0.25) is 0 Å². The van der Waals surface area contributed by atoms with Gasteiger partial charge in [0.25, 0.3) is 5.91 Å². The van der Waals surface area contributed by atoms with Gasteiger partial charge in [-0.2, -0.15) is 0 Å². The van der Waals surface area contributed by atoms with Crippen LogP contribution in [0.3, 0.4) is 0 Å². The van der Waals surface area contributed by atoms with Gasteiger partial charge in [0.15, 0.2) is 0 Å². The Hall–Kier alpha value is -2.27. The van der Waals surface area contributed by atoms with Crippen LogP contribution >= 0.6 is 15.9 Å². The van der Waals surface area contributed by atoms with Gasteiger partial charge in [-0.3, -0.25) is 4.79 Å². The fraction of sp³-hybridized carbons (Fsp3) is 0.348. The number of phenols is 1. The fourth-order valence-electron chi connectivity index (χ4n) is 4.23. The Morgan fingerprint density at radius 3 is 2.89 bits per heavy atom. The van der Waals surface area contributed by atoms with Crippen LogP contribution in [0.25, 0.3) is 0 Å². The number of rotatable bonds is 4. The van der Waals surface area contributed by atoms with Crippen LogP contribution < -0.4 is 10.6 Å². The monoisotopic (exact) mass is 440 g/mol. The Morgan fingerprint density at radius 2 is 2.11 bits per heavy atom. The van der Waals surface area contributed by atoms with Crippen molar-refractivity contribution in [1.82, 2.24) is 5.32 Å². The predicted molar refractivity (Wildman–Crippen MR) is 116 cm³/mol. The molecule has 0 fully saturated rings. The average molecular weight is 441 g/mol. The molecule has 1 heterocycles. The zero-order valence-electron chi connectivity index (χ0n) is 16.1. The molecule has 4 atom stereocenters. The first kappa shape index (κ1) is 19.1. The number of nitrogens with one attached hydrogen (secondary N) is 2. The van der Waals surface area contributed by atoms with E-state index in [4.69, 9.17) is 0 Å². The minimum absolute atomic E-state index is 0.0183. The summed E-state index contributed by atoms with van der Waals surface area (Å²) in [5.74, 6) is 0.818. The molecule has 5 heteroatoms. The molecule has 2 aromatic carbocycles. The number of amides is 1. The zero-order valence-corrected chi connectivity index (χ0v) is 17.7. The van der Waals surface area contributed by atoms with Crippen molar-refractivity contribution in [2.24, 2.45) is 5.92 Å². The predicted octanol–water partition coefficient (Wildman–Crippen LogP) is 5.51. The summed E-state index contributed by atoms with van der Waals surface area (Å²) >= 11 is 3.52. The number of allylic oxidation sites excluding steroid dienone is 2. The van der Waals surface area contributed by atoms with Gasteiger partial charge in [-0.25, -0.2) is 0 Å². The molecule has 4 rings (SSSR count). The lowest BCUT2D eigenvalue weighted by atomic mass is 9.76. The summed E-state index contributed by atoms with van der Waals surface area (Å²) in [6.07, 6.45) is 6.29. The molecular weight excluding hydrogens is 416 g/mol. The number of benzene rings is 2. The van der Waals surface area contributed by atoms with E-state index in [-0.39, 0.29) is 23.9 Å². The first-order chi connectivity index (χ1) is 13.5. The first-order valence-electron chi connectivity index (χ1n) is 9.84. The third-order valence-corrected chi connectivity index (χ3v) is 6.43. The molecule has 146 valence electrons. The van der Waals surface area contributed by atoms with Crippen molar-refractivity contribution in [2.45, 2.75) is 44.7 Å². The van der Waals surface area contributed by atoms with E-state index < -0.39 is 0 Å². The molecular formula is C23H25BrN2O2. The standard InChI is InChI=1S/C23H25BrN2O2/c1-3-13(2)25-23(28)14-7-9-20-18(11-14)16-5-4-6-17(16)22(26-20)19-12-15(24)8-10-21(19)27/h4-5,7-13,16-17,22,26-27H,3,6H2,1-2H3,(H,25,28). The number of halogens is 1. The summed E-state index contributed by atoms with van der Waals surface area (Å²) in [5.41, 5.74) is 3.78. The van der Waals surface area contributed by atoms with Crippen LogP contribution in [-0.2, 0) is 0 Å². The summed E-state index contributed by atoms with van der Waals surface area (Å²) < 4.78 is 0.951. The topological polar surface area (TPSA) is 61.4 Å². The molecule has 1 aliphatic heterocycles. The van der Waals surface area contributed by atoms with Crippen molar-refractivity contribution in [3.63, 3.8) is 0 Å². The maximum Gasteiger partial charge on any atom is 0.251 e. The lowest BCUT2D eigenvalue weighted by molar-refractivity contribution is 0.0939. The second kappa shape index (κ2) is 7.63. The Bertz CT molecular complexity index is 940. The number of hydrogen-bond acceptors (Lipinski definition) is 3. The van der Waals surface area contributed by atoms with E-state index in [2.05, 4.69) is 45.6 Å². The van der Waals surface area contributed by atoms with Crippen LogP contribution in [0.15, 0.2) is 53.0 Å². The first-order valence-corrected chi connectivity index (χ1v) is 10.6. The van der Waals surface area contributed by atoms with Gasteiger partial charge in [0.05, 0.1) is 6.04 Å². The van der Waals surface area contributed by atoms with Gasteiger partial charge >= 0.3 is 0 Å². The largest absolute Gasteiger partial charge is 0.508 e. The van der Waals surface area contributed by atoms with Crippen LogP contribution in [0.2, 0.25) is 0 Å². The number of carbonyl (C=O) groups is 1. The van der Waals surface area contributed by atoms with E-state index in [0.717, 1.165) is 34.1 Å². The normalized spacial score (nSPS) is 23.5. The van der Waals surface area contributed by atoms with Crippen LogP contribution in [0.5, 0.6) is 5.75 Å². The molecule has 4 nitrogen and oxygen atoms in total. The lowest BCUT2D eigenvalue weighted by Gasteiger charge is -2.38. The number of phenolic OH excluding ortho intramolecular Hbond substituents is 1. The third-order valence-electron chi connectivity index (χ3n) is 5.94. The molecule has 0 aromatic heterocycles. The number of carbonyl (C=O) groups excluding carboxylic acids is 1. The van der Waals surface area contributed by atoms with Crippen molar-refractivity contribution in [2.75, 3.05) is 5.32 Å². The molecule has 0 radical (unpaired) electrons. The summed E-state index contributed by atoms with van der Waals surface area (Å²) in [5, 5.41) is 17.1. The van der Waals surface area contributed by atoms with Gasteiger partial charge in [-0.15, -0.1) is 0 Å². The Balaban J connectivity index is 1.69. The maximum atomic E-state index is 12.6. The molecule has 2 aromatic rings.